The van der Waals surface area contributed by atoms with Crippen LogP contribution in [0.15, 0.2) is 60.8 Å². The average Bonchev–Trinajstić information content (AvgIpc) is 2.84. The molecule has 6 heteroatoms. The van der Waals surface area contributed by atoms with Gasteiger partial charge < -0.3 is 15.1 Å². The smallest absolute Gasteiger partial charge is 0.228 e. The molecule has 1 aliphatic heterocycles. The molecule has 1 saturated heterocycles. The Morgan fingerprint density at radius 2 is 1.58 bits per heavy atom. The van der Waals surface area contributed by atoms with Crippen LogP contribution in [0.25, 0.3) is 0 Å². The minimum atomic E-state index is -0.349. The van der Waals surface area contributed by atoms with Gasteiger partial charge in [-0.15, -0.1) is 0 Å². The number of rotatable bonds is 4. The minimum absolute atomic E-state index is 0.0643. The third-order valence-corrected chi connectivity index (χ3v) is 6.67. The van der Waals surface area contributed by atoms with E-state index in [1.807, 2.05) is 47.4 Å². The number of pyridine rings is 1. The lowest BCUT2D eigenvalue weighted by Crippen LogP contribution is -2.52. The number of hydrogen-bond donors (Lipinski definition) is 1. The van der Waals surface area contributed by atoms with E-state index in [0.29, 0.717) is 25.9 Å². The first kappa shape index (κ1) is 23.0. The van der Waals surface area contributed by atoms with E-state index >= 15 is 0 Å². The molecule has 1 fully saturated rings. The molecule has 1 N–H and O–H groups in total. The molecular weight excluding hydrogens is 412 g/mol. The summed E-state index contributed by atoms with van der Waals surface area (Å²) in [6.45, 7) is 9.31. The Morgan fingerprint density at radius 3 is 2.18 bits per heavy atom. The van der Waals surface area contributed by atoms with Crippen molar-refractivity contribution < 1.29 is 9.59 Å². The Labute approximate surface area is 196 Å². The lowest BCUT2D eigenvalue weighted by atomic mass is 9.81. The quantitative estimate of drug-likeness (QED) is 0.713. The van der Waals surface area contributed by atoms with Crippen molar-refractivity contribution >= 4 is 23.3 Å². The summed E-state index contributed by atoms with van der Waals surface area (Å²) < 4.78 is 0. The monoisotopic (exact) mass is 446 g/mol. The van der Waals surface area contributed by atoms with Crippen LogP contribution in [-0.2, 0) is 15.0 Å². The van der Waals surface area contributed by atoms with E-state index in [0.717, 1.165) is 24.6 Å². The predicted molar refractivity (Wildman–Crippen MR) is 132 cm³/mol. The Bertz CT molecular complexity index is 987. The maximum absolute atomic E-state index is 13.4. The van der Waals surface area contributed by atoms with Gasteiger partial charge in [-0.1, -0.05) is 51.1 Å². The first-order valence-corrected chi connectivity index (χ1v) is 11.8. The zero-order valence-corrected chi connectivity index (χ0v) is 19.8. The Hall–Kier alpha value is -3.15. The zero-order chi connectivity index (χ0) is 23.4. The fourth-order valence-electron chi connectivity index (χ4n) is 4.60. The largest absolute Gasteiger partial charge is 0.353 e. The van der Waals surface area contributed by atoms with Crippen molar-refractivity contribution in [3.63, 3.8) is 0 Å². The van der Waals surface area contributed by atoms with E-state index in [2.05, 4.69) is 48.1 Å². The summed E-state index contributed by atoms with van der Waals surface area (Å²) in [7, 11) is 0. The van der Waals surface area contributed by atoms with Crippen molar-refractivity contribution in [1.29, 1.82) is 0 Å². The van der Waals surface area contributed by atoms with Crippen molar-refractivity contribution in [2.45, 2.75) is 39.0 Å². The maximum atomic E-state index is 13.4. The lowest BCUT2D eigenvalue weighted by molar-refractivity contribution is -0.141. The Morgan fingerprint density at radius 1 is 0.909 bits per heavy atom. The first-order chi connectivity index (χ1) is 15.8. The summed E-state index contributed by atoms with van der Waals surface area (Å²) in [4.78, 5) is 35.1. The van der Waals surface area contributed by atoms with Crippen molar-refractivity contribution in [3.8, 4) is 0 Å². The molecule has 1 aromatic heterocycles. The summed E-state index contributed by atoms with van der Waals surface area (Å²) in [6.07, 6.45) is 7.06. The highest BCUT2D eigenvalue weighted by Crippen LogP contribution is 2.30. The van der Waals surface area contributed by atoms with E-state index in [4.69, 9.17) is 0 Å². The average molecular weight is 447 g/mol. The molecule has 1 aromatic carbocycles. The van der Waals surface area contributed by atoms with E-state index in [-0.39, 0.29) is 29.1 Å². The number of carbonyl (C=O) groups excluding carboxylic acids is 2. The van der Waals surface area contributed by atoms with Crippen LogP contribution < -0.4 is 10.2 Å². The normalized spacial score (nSPS) is 21.1. The molecule has 1 aliphatic carbocycles. The number of hydrogen-bond acceptors (Lipinski definition) is 4. The topological polar surface area (TPSA) is 65.5 Å². The van der Waals surface area contributed by atoms with Crippen LogP contribution in [-0.4, -0.2) is 47.9 Å². The number of aromatic nitrogens is 1. The minimum Gasteiger partial charge on any atom is -0.353 e. The number of anilines is 2. The second-order valence-corrected chi connectivity index (χ2v) is 9.97. The molecule has 0 spiro atoms. The van der Waals surface area contributed by atoms with Gasteiger partial charge in [0.25, 0.3) is 0 Å². The molecule has 0 bridgehead atoms. The fourth-order valence-corrected chi connectivity index (χ4v) is 4.60. The summed E-state index contributed by atoms with van der Waals surface area (Å²) in [5.41, 5.74) is 2.06. The van der Waals surface area contributed by atoms with Crippen molar-refractivity contribution in [2.24, 2.45) is 11.8 Å². The van der Waals surface area contributed by atoms with Crippen LogP contribution in [0.2, 0.25) is 0 Å². The second-order valence-electron chi connectivity index (χ2n) is 9.97. The number of amides is 2. The van der Waals surface area contributed by atoms with Crippen molar-refractivity contribution in [2.75, 3.05) is 36.4 Å². The predicted octanol–water partition coefficient (Wildman–Crippen LogP) is 4.25. The number of allylic oxidation sites excluding steroid dienone is 2. The summed E-state index contributed by atoms with van der Waals surface area (Å²) >= 11 is 0. The van der Waals surface area contributed by atoms with Gasteiger partial charge in [0.1, 0.15) is 5.82 Å². The molecule has 2 heterocycles. The highest BCUT2D eigenvalue weighted by Gasteiger charge is 2.37. The van der Waals surface area contributed by atoms with Crippen LogP contribution in [0.4, 0.5) is 11.5 Å². The molecule has 2 atom stereocenters. The Kier molecular flexibility index (Phi) is 6.82. The lowest BCUT2D eigenvalue weighted by Gasteiger charge is -2.38. The number of carbonyl (C=O) groups is 2. The molecule has 33 heavy (non-hydrogen) atoms. The molecule has 6 nitrogen and oxygen atoms in total. The molecule has 0 radical (unpaired) electrons. The van der Waals surface area contributed by atoms with E-state index in [1.54, 1.807) is 6.20 Å². The summed E-state index contributed by atoms with van der Waals surface area (Å²) in [5.74, 6) is 0.292. The number of piperazine rings is 1. The van der Waals surface area contributed by atoms with Crippen LogP contribution in [0.3, 0.4) is 0 Å². The van der Waals surface area contributed by atoms with Crippen LogP contribution in [0.5, 0.6) is 0 Å². The molecule has 2 aliphatic rings. The molecule has 0 saturated carbocycles. The van der Waals surface area contributed by atoms with Gasteiger partial charge in [-0.3, -0.25) is 9.59 Å². The fraction of sp³-hybridized carbons (Fsp3) is 0.444. The molecule has 2 amide bonds. The number of benzene rings is 1. The van der Waals surface area contributed by atoms with Crippen molar-refractivity contribution in [1.82, 2.24) is 9.88 Å². The van der Waals surface area contributed by atoms with E-state index in [9.17, 15) is 9.59 Å². The molecule has 2 unspecified atom stereocenters. The van der Waals surface area contributed by atoms with Gasteiger partial charge in [-0.05, 0) is 48.1 Å². The standard InChI is InChI=1S/C27H34N4O2/c1-27(2,3)20-11-13-21(14-12-20)29-25(32)22-8-4-5-9-23(22)26(33)31-18-16-30(17-19-31)24-10-6-7-15-28-24/h4-7,10-15,22-23H,8-9,16-19H2,1-3H3,(H,29,32). The van der Waals surface area contributed by atoms with Crippen LogP contribution in [0.1, 0.15) is 39.2 Å². The molecule has 4 rings (SSSR count). The highest BCUT2D eigenvalue weighted by molar-refractivity contribution is 5.96. The molecule has 174 valence electrons. The van der Waals surface area contributed by atoms with Gasteiger partial charge in [0.15, 0.2) is 0 Å². The highest BCUT2D eigenvalue weighted by atomic mass is 16.2. The van der Waals surface area contributed by atoms with Crippen molar-refractivity contribution in [3.05, 3.63) is 66.4 Å². The first-order valence-electron chi connectivity index (χ1n) is 11.8. The third kappa shape index (κ3) is 5.44. The molecule has 2 aromatic rings. The second kappa shape index (κ2) is 9.77. The van der Waals surface area contributed by atoms with Gasteiger partial charge in [-0.25, -0.2) is 4.98 Å². The number of nitrogens with one attached hydrogen (secondary N) is 1. The van der Waals surface area contributed by atoms with E-state index in [1.165, 1.54) is 5.56 Å². The number of nitrogens with zero attached hydrogens (tertiary/aromatic N) is 3. The van der Waals surface area contributed by atoms with Gasteiger partial charge in [0, 0.05) is 38.1 Å². The van der Waals surface area contributed by atoms with Gasteiger partial charge >= 0.3 is 0 Å². The van der Waals surface area contributed by atoms with Crippen LogP contribution in [0, 0.1) is 11.8 Å². The van der Waals surface area contributed by atoms with E-state index < -0.39 is 0 Å². The molecular formula is C27H34N4O2. The van der Waals surface area contributed by atoms with Crippen LogP contribution >= 0.6 is 0 Å². The summed E-state index contributed by atoms with van der Waals surface area (Å²) in [5, 5.41) is 3.05. The third-order valence-electron chi connectivity index (χ3n) is 6.67. The summed E-state index contributed by atoms with van der Waals surface area (Å²) in [6, 6.07) is 13.9. The van der Waals surface area contributed by atoms with Gasteiger partial charge in [-0.2, -0.15) is 0 Å². The SMILES string of the molecule is CC(C)(C)c1ccc(NC(=O)C2CC=CCC2C(=O)N2CCN(c3ccccn3)CC2)cc1. The van der Waals surface area contributed by atoms with Gasteiger partial charge in [0.2, 0.25) is 11.8 Å². The van der Waals surface area contributed by atoms with Gasteiger partial charge in [0.05, 0.1) is 11.8 Å². The Balaban J connectivity index is 1.38. The maximum Gasteiger partial charge on any atom is 0.228 e. The zero-order valence-electron chi connectivity index (χ0n) is 19.8.